The quantitative estimate of drug-likeness (QED) is 0.270. The van der Waals surface area contributed by atoms with Gasteiger partial charge in [0.25, 0.3) is 0 Å². The number of ether oxygens (including phenoxy) is 2. The summed E-state index contributed by atoms with van der Waals surface area (Å²) in [5, 5.41) is 6.46. The first-order chi connectivity index (χ1) is 11.4. The van der Waals surface area contributed by atoms with Crippen molar-refractivity contribution in [2.75, 3.05) is 46.4 Å². The zero-order valence-electron chi connectivity index (χ0n) is 16.3. The van der Waals surface area contributed by atoms with E-state index >= 15 is 0 Å². The molecule has 1 fully saturated rings. The zero-order valence-corrected chi connectivity index (χ0v) is 18.6. The van der Waals surface area contributed by atoms with Gasteiger partial charge in [-0.1, -0.05) is 0 Å². The SMILES string of the molecule is CCNC(=NCC1CCCN(C(=O)OC(C)(C)C)C1)NCCOC.I. The third-order valence-corrected chi connectivity index (χ3v) is 3.62. The summed E-state index contributed by atoms with van der Waals surface area (Å²) in [6.45, 7) is 12.1. The number of hydrogen-bond donors (Lipinski definition) is 2. The maximum absolute atomic E-state index is 12.2. The lowest BCUT2D eigenvalue weighted by Gasteiger charge is -2.33. The van der Waals surface area contributed by atoms with Crippen LogP contribution in [0.1, 0.15) is 40.5 Å². The van der Waals surface area contributed by atoms with Crippen LogP contribution >= 0.6 is 24.0 Å². The molecule has 1 saturated heterocycles. The molecule has 0 bridgehead atoms. The molecule has 0 aromatic heterocycles. The van der Waals surface area contributed by atoms with Crippen LogP contribution in [0.15, 0.2) is 4.99 Å². The Kier molecular flexibility index (Phi) is 12.2. The van der Waals surface area contributed by atoms with Crippen molar-refractivity contribution in [3.8, 4) is 0 Å². The molecule has 0 radical (unpaired) electrons. The first-order valence-electron chi connectivity index (χ1n) is 8.84. The molecule has 1 heterocycles. The number of nitrogens with zero attached hydrogens (tertiary/aromatic N) is 2. The van der Waals surface area contributed by atoms with Gasteiger partial charge in [0.2, 0.25) is 0 Å². The van der Waals surface area contributed by atoms with Gasteiger partial charge in [-0.05, 0) is 46.5 Å². The minimum atomic E-state index is -0.453. The molecule has 8 heteroatoms. The molecule has 2 N–H and O–H groups in total. The third kappa shape index (κ3) is 10.7. The number of aliphatic imine (C=N–C) groups is 1. The molecule has 7 nitrogen and oxygen atoms in total. The van der Waals surface area contributed by atoms with E-state index in [1.165, 1.54) is 0 Å². The molecule has 1 unspecified atom stereocenters. The fourth-order valence-electron chi connectivity index (χ4n) is 2.54. The molecule has 0 saturated carbocycles. The number of amides is 1. The number of nitrogens with one attached hydrogen (secondary N) is 2. The highest BCUT2D eigenvalue weighted by molar-refractivity contribution is 14.0. The van der Waals surface area contributed by atoms with Crippen molar-refractivity contribution in [2.45, 2.75) is 46.1 Å². The Hall–Kier alpha value is -0.770. The highest BCUT2D eigenvalue weighted by atomic mass is 127. The van der Waals surface area contributed by atoms with Gasteiger partial charge in [0.1, 0.15) is 5.60 Å². The van der Waals surface area contributed by atoms with Gasteiger partial charge in [-0.3, -0.25) is 4.99 Å². The average molecular weight is 470 g/mol. The third-order valence-electron chi connectivity index (χ3n) is 3.62. The molecule has 0 aromatic rings. The van der Waals surface area contributed by atoms with Gasteiger partial charge in [-0.15, -0.1) is 24.0 Å². The standard InChI is InChI=1S/C17H34N4O3.HI/c1-6-18-15(19-9-11-23-5)20-12-14-8-7-10-21(13-14)16(22)24-17(2,3)4;/h14H,6-13H2,1-5H3,(H2,18,19,20);1H. The van der Waals surface area contributed by atoms with Crippen molar-refractivity contribution >= 4 is 36.0 Å². The van der Waals surface area contributed by atoms with Gasteiger partial charge in [-0.2, -0.15) is 0 Å². The fourth-order valence-corrected chi connectivity index (χ4v) is 2.54. The van der Waals surface area contributed by atoms with E-state index in [-0.39, 0.29) is 30.1 Å². The Balaban J connectivity index is 0.00000576. The monoisotopic (exact) mass is 470 g/mol. The topological polar surface area (TPSA) is 75.2 Å². The van der Waals surface area contributed by atoms with E-state index in [1.54, 1.807) is 12.0 Å². The molecule has 1 amide bonds. The number of piperidine rings is 1. The van der Waals surface area contributed by atoms with Crippen LogP contribution in [0.4, 0.5) is 4.79 Å². The first-order valence-corrected chi connectivity index (χ1v) is 8.84. The predicted octanol–water partition coefficient (Wildman–Crippen LogP) is 2.45. The summed E-state index contributed by atoms with van der Waals surface area (Å²) in [6.07, 6.45) is 1.86. The summed E-state index contributed by atoms with van der Waals surface area (Å²) in [7, 11) is 1.68. The summed E-state index contributed by atoms with van der Waals surface area (Å²) < 4.78 is 10.5. The summed E-state index contributed by atoms with van der Waals surface area (Å²) in [5.41, 5.74) is -0.453. The molecule has 1 aliphatic rings. The predicted molar refractivity (Wildman–Crippen MR) is 112 cm³/mol. The summed E-state index contributed by atoms with van der Waals surface area (Å²) in [6, 6.07) is 0. The number of carbonyl (C=O) groups excluding carboxylic acids is 1. The molecular weight excluding hydrogens is 435 g/mol. The first kappa shape index (κ1) is 24.2. The van der Waals surface area contributed by atoms with E-state index in [2.05, 4.69) is 15.6 Å². The van der Waals surface area contributed by atoms with Gasteiger partial charge in [-0.25, -0.2) is 4.79 Å². The number of hydrogen-bond acceptors (Lipinski definition) is 4. The van der Waals surface area contributed by atoms with Crippen LogP contribution in [0.5, 0.6) is 0 Å². The lowest BCUT2D eigenvalue weighted by molar-refractivity contribution is 0.0170. The van der Waals surface area contributed by atoms with Gasteiger partial charge < -0.3 is 25.0 Å². The van der Waals surface area contributed by atoms with Crippen LogP contribution in [-0.4, -0.2) is 69.0 Å². The number of methoxy groups -OCH3 is 1. The van der Waals surface area contributed by atoms with E-state index in [0.717, 1.165) is 38.4 Å². The molecule has 25 heavy (non-hydrogen) atoms. The van der Waals surface area contributed by atoms with Crippen LogP contribution in [0.2, 0.25) is 0 Å². The van der Waals surface area contributed by atoms with Gasteiger partial charge in [0, 0.05) is 39.8 Å². The Morgan fingerprint density at radius 2 is 2.04 bits per heavy atom. The van der Waals surface area contributed by atoms with Crippen LogP contribution in [0.25, 0.3) is 0 Å². The van der Waals surface area contributed by atoms with Crippen molar-refractivity contribution in [3.05, 3.63) is 0 Å². The van der Waals surface area contributed by atoms with Crippen LogP contribution in [-0.2, 0) is 9.47 Å². The Labute approximate surface area is 169 Å². The Morgan fingerprint density at radius 1 is 1.32 bits per heavy atom. The maximum atomic E-state index is 12.2. The molecular formula is C17H35IN4O3. The molecule has 1 aliphatic heterocycles. The zero-order chi connectivity index (χ0) is 18.0. The smallest absolute Gasteiger partial charge is 0.410 e. The lowest BCUT2D eigenvalue weighted by atomic mass is 9.98. The fraction of sp³-hybridized carbons (Fsp3) is 0.882. The highest BCUT2D eigenvalue weighted by Crippen LogP contribution is 2.19. The van der Waals surface area contributed by atoms with E-state index in [1.807, 2.05) is 27.7 Å². The molecule has 0 aromatic carbocycles. The lowest BCUT2D eigenvalue weighted by Crippen LogP contribution is -2.44. The van der Waals surface area contributed by atoms with Crippen molar-refractivity contribution < 1.29 is 14.3 Å². The van der Waals surface area contributed by atoms with Crippen molar-refractivity contribution in [1.82, 2.24) is 15.5 Å². The largest absolute Gasteiger partial charge is 0.444 e. The maximum Gasteiger partial charge on any atom is 0.410 e. The molecule has 1 atom stereocenters. The van der Waals surface area contributed by atoms with Gasteiger partial charge in [0.15, 0.2) is 5.96 Å². The van der Waals surface area contributed by atoms with E-state index in [0.29, 0.717) is 25.6 Å². The Bertz CT molecular complexity index is 413. The minimum Gasteiger partial charge on any atom is -0.444 e. The van der Waals surface area contributed by atoms with Crippen molar-refractivity contribution in [2.24, 2.45) is 10.9 Å². The van der Waals surface area contributed by atoms with Gasteiger partial charge >= 0.3 is 6.09 Å². The van der Waals surface area contributed by atoms with E-state index < -0.39 is 5.60 Å². The second-order valence-corrected chi connectivity index (χ2v) is 7.07. The van der Waals surface area contributed by atoms with Gasteiger partial charge in [0.05, 0.1) is 6.61 Å². The van der Waals surface area contributed by atoms with E-state index in [9.17, 15) is 4.79 Å². The number of halogens is 1. The average Bonchev–Trinajstić information content (AvgIpc) is 2.51. The molecule has 0 aliphatic carbocycles. The van der Waals surface area contributed by atoms with Crippen LogP contribution in [0, 0.1) is 5.92 Å². The van der Waals surface area contributed by atoms with Crippen LogP contribution in [0.3, 0.4) is 0 Å². The summed E-state index contributed by atoms with van der Waals surface area (Å²) in [4.78, 5) is 18.6. The number of guanidine groups is 1. The van der Waals surface area contributed by atoms with E-state index in [4.69, 9.17) is 9.47 Å². The van der Waals surface area contributed by atoms with Crippen LogP contribution < -0.4 is 10.6 Å². The summed E-state index contributed by atoms with van der Waals surface area (Å²) in [5.74, 6) is 1.16. The Morgan fingerprint density at radius 3 is 2.64 bits per heavy atom. The number of carbonyl (C=O) groups is 1. The normalized spacial score (nSPS) is 18.4. The molecule has 0 spiro atoms. The number of likely N-dealkylation sites (tertiary alicyclic amines) is 1. The number of rotatable bonds is 6. The van der Waals surface area contributed by atoms with Crippen molar-refractivity contribution in [3.63, 3.8) is 0 Å². The van der Waals surface area contributed by atoms with Crippen molar-refractivity contribution in [1.29, 1.82) is 0 Å². The minimum absolute atomic E-state index is 0. The second kappa shape index (κ2) is 12.6. The molecule has 1 rings (SSSR count). The highest BCUT2D eigenvalue weighted by Gasteiger charge is 2.27. The summed E-state index contributed by atoms with van der Waals surface area (Å²) >= 11 is 0. The second-order valence-electron chi connectivity index (χ2n) is 7.07. The molecule has 148 valence electrons.